The number of nitrogens with zero attached hydrogens (tertiary/aromatic N) is 1. The molecule has 0 aliphatic carbocycles. The first kappa shape index (κ1) is 18.0. The van der Waals surface area contributed by atoms with E-state index in [0.29, 0.717) is 36.9 Å². The van der Waals surface area contributed by atoms with E-state index >= 15 is 0 Å². The quantitative estimate of drug-likeness (QED) is 0.747. The number of carbonyl (C=O) groups excluding carboxylic acids is 1. The zero-order valence-electron chi connectivity index (χ0n) is 14.5. The normalized spacial score (nSPS) is 10.7. The maximum Gasteiger partial charge on any atom is 0.257 e. The van der Waals surface area contributed by atoms with E-state index in [-0.39, 0.29) is 11.7 Å². The third kappa shape index (κ3) is 4.82. The first-order valence-corrected chi connectivity index (χ1v) is 8.26. The van der Waals surface area contributed by atoms with Crippen molar-refractivity contribution in [2.45, 2.75) is 27.4 Å². The molecule has 0 radical (unpaired) electrons. The molecule has 0 bridgehead atoms. The third-order valence-corrected chi connectivity index (χ3v) is 3.68. The Morgan fingerprint density at radius 3 is 2.42 bits per heavy atom. The fraction of sp³-hybridized carbons (Fsp3) is 0.350. The summed E-state index contributed by atoms with van der Waals surface area (Å²) in [6.07, 6.45) is 0. The van der Waals surface area contributed by atoms with Crippen LogP contribution in [0.1, 0.15) is 36.7 Å². The van der Waals surface area contributed by atoms with Gasteiger partial charge >= 0.3 is 0 Å². The van der Waals surface area contributed by atoms with Gasteiger partial charge in [-0.3, -0.25) is 4.79 Å². The van der Waals surface area contributed by atoms with Crippen molar-refractivity contribution in [2.24, 2.45) is 5.92 Å². The van der Waals surface area contributed by atoms with Gasteiger partial charge in [0.15, 0.2) is 0 Å². The van der Waals surface area contributed by atoms with E-state index in [1.165, 1.54) is 12.1 Å². The number of hydrogen-bond acceptors (Lipinski definition) is 2. The molecule has 0 fully saturated rings. The molecule has 1 amide bonds. The van der Waals surface area contributed by atoms with Crippen LogP contribution in [0.4, 0.5) is 4.39 Å². The van der Waals surface area contributed by atoms with Gasteiger partial charge in [-0.1, -0.05) is 38.1 Å². The van der Waals surface area contributed by atoms with Gasteiger partial charge in [0.2, 0.25) is 0 Å². The Kier molecular flexibility index (Phi) is 6.36. The number of amides is 1. The van der Waals surface area contributed by atoms with Gasteiger partial charge in [0, 0.05) is 13.1 Å². The van der Waals surface area contributed by atoms with Gasteiger partial charge in [-0.25, -0.2) is 4.39 Å². The number of rotatable bonds is 7. The Balaban J connectivity index is 2.14. The standard InChI is InChI=1S/C20H24FNO2/c1-4-22(13-15(2)3)20(23)18-7-5-6-8-19(18)24-14-16-9-11-17(21)12-10-16/h5-12,15H,4,13-14H2,1-3H3. The maximum absolute atomic E-state index is 13.0. The average molecular weight is 329 g/mol. The van der Waals surface area contributed by atoms with Gasteiger partial charge in [-0.2, -0.15) is 0 Å². The summed E-state index contributed by atoms with van der Waals surface area (Å²) in [7, 11) is 0. The predicted molar refractivity (Wildman–Crippen MR) is 93.6 cm³/mol. The molecule has 24 heavy (non-hydrogen) atoms. The topological polar surface area (TPSA) is 29.5 Å². The van der Waals surface area contributed by atoms with Crippen LogP contribution in [0.15, 0.2) is 48.5 Å². The SMILES string of the molecule is CCN(CC(C)C)C(=O)c1ccccc1OCc1ccc(F)cc1. The second-order valence-corrected chi connectivity index (χ2v) is 6.15. The van der Waals surface area contributed by atoms with Crippen LogP contribution in [0.5, 0.6) is 5.75 Å². The van der Waals surface area contributed by atoms with Crippen molar-refractivity contribution in [3.8, 4) is 5.75 Å². The van der Waals surface area contributed by atoms with Gasteiger partial charge in [0.1, 0.15) is 18.2 Å². The minimum absolute atomic E-state index is 0.0269. The molecule has 4 heteroatoms. The molecule has 0 aromatic heterocycles. The molecule has 0 spiro atoms. The maximum atomic E-state index is 13.0. The zero-order valence-corrected chi connectivity index (χ0v) is 14.5. The van der Waals surface area contributed by atoms with E-state index in [2.05, 4.69) is 13.8 Å². The van der Waals surface area contributed by atoms with E-state index < -0.39 is 0 Å². The lowest BCUT2D eigenvalue weighted by Gasteiger charge is -2.24. The van der Waals surface area contributed by atoms with Crippen LogP contribution in [0, 0.1) is 11.7 Å². The summed E-state index contributed by atoms with van der Waals surface area (Å²) in [5.74, 6) is 0.651. The third-order valence-electron chi connectivity index (χ3n) is 3.68. The second kappa shape index (κ2) is 8.48. The summed E-state index contributed by atoms with van der Waals surface area (Å²) in [5, 5.41) is 0. The number of para-hydroxylation sites is 1. The summed E-state index contributed by atoms with van der Waals surface area (Å²) in [5.41, 5.74) is 1.41. The highest BCUT2D eigenvalue weighted by Gasteiger charge is 2.19. The average Bonchev–Trinajstić information content (AvgIpc) is 2.58. The monoisotopic (exact) mass is 329 g/mol. The van der Waals surface area contributed by atoms with Crippen molar-refractivity contribution < 1.29 is 13.9 Å². The summed E-state index contributed by atoms with van der Waals surface area (Å²) in [4.78, 5) is 14.6. The Hall–Kier alpha value is -2.36. The highest BCUT2D eigenvalue weighted by Crippen LogP contribution is 2.22. The molecule has 0 aliphatic rings. The van der Waals surface area contributed by atoms with Crippen LogP contribution < -0.4 is 4.74 Å². The van der Waals surface area contributed by atoms with Crippen molar-refractivity contribution in [3.05, 3.63) is 65.5 Å². The zero-order chi connectivity index (χ0) is 17.5. The molecule has 3 nitrogen and oxygen atoms in total. The van der Waals surface area contributed by atoms with Gasteiger partial charge in [-0.15, -0.1) is 0 Å². The van der Waals surface area contributed by atoms with Crippen LogP contribution in [-0.2, 0) is 6.61 Å². The van der Waals surface area contributed by atoms with Gasteiger partial charge < -0.3 is 9.64 Å². The van der Waals surface area contributed by atoms with E-state index in [1.54, 1.807) is 24.3 Å². The van der Waals surface area contributed by atoms with Crippen LogP contribution in [0.2, 0.25) is 0 Å². The molecule has 2 aromatic carbocycles. The van der Waals surface area contributed by atoms with E-state index in [0.717, 1.165) is 5.56 Å². The molecular weight excluding hydrogens is 305 g/mol. The Labute approximate surface area is 143 Å². The molecule has 128 valence electrons. The van der Waals surface area contributed by atoms with Crippen molar-refractivity contribution in [1.82, 2.24) is 4.90 Å². The minimum atomic E-state index is -0.276. The number of halogens is 1. The first-order valence-electron chi connectivity index (χ1n) is 8.26. The molecule has 0 N–H and O–H groups in total. The summed E-state index contributed by atoms with van der Waals surface area (Å²) >= 11 is 0. The molecule has 0 saturated heterocycles. The molecule has 0 aliphatic heterocycles. The Morgan fingerprint density at radius 1 is 1.12 bits per heavy atom. The van der Waals surface area contributed by atoms with Crippen molar-refractivity contribution >= 4 is 5.91 Å². The Bertz CT molecular complexity index is 668. The van der Waals surface area contributed by atoms with Gasteiger partial charge in [0.25, 0.3) is 5.91 Å². The lowest BCUT2D eigenvalue weighted by molar-refractivity contribution is 0.0741. The van der Waals surface area contributed by atoms with Crippen LogP contribution >= 0.6 is 0 Å². The van der Waals surface area contributed by atoms with Crippen molar-refractivity contribution in [2.75, 3.05) is 13.1 Å². The lowest BCUT2D eigenvalue weighted by atomic mass is 10.1. The largest absolute Gasteiger partial charge is 0.488 e. The van der Waals surface area contributed by atoms with Crippen LogP contribution in [0.25, 0.3) is 0 Å². The van der Waals surface area contributed by atoms with E-state index in [1.807, 2.05) is 24.0 Å². The molecule has 0 atom stereocenters. The molecular formula is C20H24FNO2. The van der Waals surface area contributed by atoms with E-state index in [4.69, 9.17) is 4.74 Å². The van der Waals surface area contributed by atoms with Crippen LogP contribution in [0.3, 0.4) is 0 Å². The predicted octanol–water partition coefficient (Wildman–Crippen LogP) is 4.52. The van der Waals surface area contributed by atoms with Crippen LogP contribution in [-0.4, -0.2) is 23.9 Å². The number of ether oxygens (including phenoxy) is 1. The number of benzene rings is 2. The molecule has 0 unspecified atom stereocenters. The highest BCUT2D eigenvalue weighted by molar-refractivity contribution is 5.96. The number of hydrogen-bond donors (Lipinski definition) is 0. The first-order chi connectivity index (χ1) is 11.5. The van der Waals surface area contributed by atoms with Gasteiger partial charge in [0.05, 0.1) is 5.56 Å². The lowest BCUT2D eigenvalue weighted by Crippen LogP contribution is -2.34. The smallest absolute Gasteiger partial charge is 0.257 e. The fourth-order valence-corrected chi connectivity index (χ4v) is 2.48. The molecule has 0 heterocycles. The van der Waals surface area contributed by atoms with Crippen molar-refractivity contribution in [3.63, 3.8) is 0 Å². The summed E-state index contributed by atoms with van der Waals surface area (Å²) in [6.45, 7) is 7.81. The molecule has 0 saturated carbocycles. The summed E-state index contributed by atoms with van der Waals surface area (Å²) in [6, 6.07) is 13.4. The Morgan fingerprint density at radius 2 is 1.79 bits per heavy atom. The second-order valence-electron chi connectivity index (χ2n) is 6.15. The minimum Gasteiger partial charge on any atom is -0.488 e. The molecule has 2 aromatic rings. The van der Waals surface area contributed by atoms with E-state index in [9.17, 15) is 9.18 Å². The fourth-order valence-electron chi connectivity index (χ4n) is 2.48. The number of carbonyl (C=O) groups is 1. The highest BCUT2D eigenvalue weighted by atomic mass is 19.1. The summed E-state index contributed by atoms with van der Waals surface area (Å²) < 4.78 is 18.8. The van der Waals surface area contributed by atoms with Gasteiger partial charge in [-0.05, 0) is 42.7 Å². The molecule has 2 rings (SSSR count). The van der Waals surface area contributed by atoms with Crippen molar-refractivity contribution in [1.29, 1.82) is 0 Å².